The first kappa shape index (κ1) is 18.4. The summed E-state index contributed by atoms with van der Waals surface area (Å²) >= 11 is 0. The molecule has 3 amide bonds. The maximum atomic E-state index is 12.7. The number of imide groups is 1. The van der Waals surface area contributed by atoms with Gasteiger partial charge in [-0.3, -0.25) is 19.3 Å². The fraction of sp³-hybridized carbons (Fsp3) is 0.348. The molecule has 2 atom stereocenters. The number of carbonyl (C=O) groups excluding carboxylic acids is 3. The van der Waals surface area contributed by atoms with Crippen LogP contribution in [0.5, 0.6) is 0 Å². The van der Waals surface area contributed by atoms with Crippen LogP contribution in [0.3, 0.4) is 0 Å². The van der Waals surface area contributed by atoms with Crippen molar-refractivity contribution >= 4 is 29.1 Å². The number of fused-ring (bicyclic) bond motifs is 1. The molecule has 1 saturated heterocycles. The number of anilines is 2. The number of nitrogens with one attached hydrogen (secondary N) is 1. The van der Waals surface area contributed by atoms with Crippen molar-refractivity contribution in [2.75, 3.05) is 10.2 Å². The van der Waals surface area contributed by atoms with Crippen LogP contribution in [-0.4, -0.2) is 17.7 Å². The molecule has 2 aliphatic rings. The van der Waals surface area contributed by atoms with Crippen molar-refractivity contribution < 1.29 is 14.4 Å². The lowest BCUT2D eigenvalue weighted by Gasteiger charge is -2.19. The Balaban J connectivity index is 1.52. The van der Waals surface area contributed by atoms with E-state index in [9.17, 15) is 14.4 Å². The lowest BCUT2D eigenvalue weighted by atomic mass is 9.81. The predicted octanol–water partition coefficient (Wildman–Crippen LogP) is 4.24. The molecule has 4 rings (SSSR count). The molecular formula is C23H24N2O3. The number of aryl methyl sites for hydroxylation is 1. The molecule has 1 aliphatic heterocycles. The minimum Gasteiger partial charge on any atom is -0.322 e. The summed E-state index contributed by atoms with van der Waals surface area (Å²) in [5.41, 5.74) is 3.96. The van der Waals surface area contributed by atoms with Gasteiger partial charge in [0.1, 0.15) is 0 Å². The van der Waals surface area contributed by atoms with Gasteiger partial charge in [0.15, 0.2) is 0 Å². The van der Waals surface area contributed by atoms with Crippen molar-refractivity contribution in [2.45, 2.75) is 39.5 Å². The van der Waals surface area contributed by atoms with E-state index in [1.807, 2.05) is 32.0 Å². The summed E-state index contributed by atoms with van der Waals surface area (Å²) in [5.74, 6) is -0.750. The standard InChI is InChI=1S/C23H24N2O3/c1-14-6-5-9-20(15(14)2)24-21(26)16-10-12-17(13-11-16)25-22(27)18-7-3-4-8-19(18)23(25)28/h5-6,9-13,18-19H,3-4,7-8H2,1-2H3,(H,24,26)/t18-,19-/m1/s1. The van der Waals surface area contributed by atoms with E-state index in [1.54, 1.807) is 24.3 Å². The molecule has 2 aromatic rings. The van der Waals surface area contributed by atoms with Crippen molar-refractivity contribution in [1.29, 1.82) is 0 Å². The largest absolute Gasteiger partial charge is 0.322 e. The summed E-state index contributed by atoms with van der Waals surface area (Å²) in [5, 5.41) is 2.93. The van der Waals surface area contributed by atoms with Crippen LogP contribution in [0.4, 0.5) is 11.4 Å². The second-order valence-corrected chi connectivity index (χ2v) is 7.76. The molecule has 2 aromatic carbocycles. The zero-order valence-electron chi connectivity index (χ0n) is 16.2. The average molecular weight is 376 g/mol. The Morgan fingerprint density at radius 1 is 0.929 bits per heavy atom. The van der Waals surface area contributed by atoms with E-state index in [-0.39, 0.29) is 29.6 Å². The molecule has 144 valence electrons. The Hall–Kier alpha value is -2.95. The first-order chi connectivity index (χ1) is 13.5. The third-order valence-electron chi connectivity index (χ3n) is 6.08. The van der Waals surface area contributed by atoms with E-state index in [0.29, 0.717) is 11.3 Å². The highest BCUT2D eigenvalue weighted by Crippen LogP contribution is 2.40. The molecule has 0 aromatic heterocycles. The average Bonchev–Trinajstić information content (AvgIpc) is 2.96. The van der Waals surface area contributed by atoms with Gasteiger partial charge in [-0.15, -0.1) is 0 Å². The molecular weight excluding hydrogens is 352 g/mol. The van der Waals surface area contributed by atoms with Crippen LogP contribution in [0.25, 0.3) is 0 Å². The molecule has 5 nitrogen and oxygen atoms in total. The highest BCUT2D eigenvalue weighted by molar-refractivity contribution is 6.22. The number of hydrogen-bond donors (Lipinski definition) is 1. The van der Waals surface area contributed by atoms with Crippen LogP contribution in [0, 0.1) is 25.7 Å². The minimum atomic E-state index is -0.215. The summed E-state index contributed by atoms with van der Waals surface area (Å²) < 4.78 is 0. The van der Waals surface area contributed by atoms with E-state index in [4.69, 9.17) is 0 Å². The molecule has 0 unspecified atom stereocenters. The summed E-state index contributed by atoms with van der Waals surface area (Å²) in [6.45, 7) is 3.97. The molecule has 1 heterocycles. The third kappa shape index (κ3) is 3.11. The molecule has 0 radical (unpaired) electrons. The van der Waals surface area contributed by atoms with Crippen molar-refractivity contribution in [3.63, 3.8) is 0 Å². The second-order valence-electron chi connectivity index (χ2n) is 7.76. The van der Waals surface area contributed by atoms with Gasteiger partial charge in [-0.25, -0.2) is 0 Å². The summed E-state index contributed by atoms with van der Waals surface area (Å²) in [6.07, 6.45) is 3.60. The Labute approximate surface area is 164 Å². The Kier molecular flexibility index (Phi) is 4.75. The van der Waals surface area contributed by atoms with Gasteiger partial charge in [0.25, 0.3) is 5.91 Å². The third-order valence-corrected chi connectivity index (χ3v) is 6.08. The highest BCUT2D eigenvalue weighted by Gasteiger charge is 2.48. The summed E-state index contributed by atoms with van der Waals surface area (Å²) in [6, 6.07) is 12.5. The molecule has 1 aliphatic carbocycles. The highest BCUT2D eigenvalue weighted by atomic mass is 16.2. The first-order valence-corrected chi connectivity index (χ1v) is 9.83. The smallest absolute Gasteiger partial charge is 0.255 e. The Bertz CT molecular complexity index is 925. The van der Waals surface area contributed by atoms with E-state index in [0.717, 1.165) is 42.5 Å². The van der Waals surface area contributed by atoms with E-state index in [1.165, 1.54) is 4.90 Å². The second kappa shape index (κ2) is 7.23. The number of carbonyl (C=O) groups is 3. The molecule has 0 bridgehead atoms. The van der Waals surface area contributed by atoms with Gasteiger partial charge in [-0.1, -0.05) is 25.0 Å². The lowest BCUT2D eigenvalue weighted by molar-refractivity contribution is -0.122. The fourth-order valence-corrected chi connectivity index (χ4v) is 4.26. The van der Waals surface area contributed by atoms with Crippen LogP contribution < -0.4 is 10.2 Å². The minimum absolute atomic E-state index is 0.0951. The number of rotatable bonds is 3. The molecule has 1 N–H and O–H groups in total. The molecule has 5 heteroatoms. The van der Waals surface area contributed by atoms with Gasteiger partial charge in [0, 0.05) is 11.3 Å². The van der Waals surface area contributed by atoms with E-state index in [2.05, 4.69) is 5.32 Å². The predicted molar refractivity (Wildman–Crippen MR) is 108 cm³/mol. The van der Waals surface area contributed by atoms with Crippen molar-refractivity contribution in [1.82, 2.24) is 0 Å². The van der Waals surface area contributed by atoms with Crippen LogP contribution in [0.2, 0.25) is 0 Å². The van der Waals surface area contributed by atoms with E-state index < -0.39 is 0 Å². The van der Waals surface area contributed by atoms with Gasteiger partial charge < -0.3 is 5.32 Å². The van der Waals surface area contributed by atoms with Gasteiger partial charge in [-0.05, 0) is 68.1 Å². The molecule has 2 fully saturated rings. The Morgan fingerprint density at radius 3 is 2.14 bits per heavy atom. The topological polar surface area (TPSA) is 66.5 Å². The van der Waals surface area contributed by atoms with Crippen molar-refractivity contribution in [3.05, 3.63) is 59.2 Å². The van der Waals surface area contributed by atoms with Gasteiger partial charge in [-0.2, -0.15) is 0 Å². The van der Waals surface area contributed by atoms with Crippen LogP contribution in [0.1, 0.15) is 47.2 Å². The van der Waals surface area contributed by atoms with Gasteiger partial charge in [0.2, 0.25) is 11.8 Å². The van der Waals surface area contributed by atoms with Crippen molar-refractivity contribution in [3.8, 4) is 0 Å². The van der Waals surface area contributed by atoms with Crippen molar-refractivity contribution in [2.24, 2.45) is 11.8 Å². The number of nitrogens with zero attached hydrogens (tertiary/aromatic N) is 1. The quantitative estimate of drug-likeness (QED) is 0.815. The number of hydrogen-bond acceptors (Lipinski definition) is 3. The number of benzene rings is 2. The zero-order chi connectivity index (χ0) is 19.8. The Morgan fingerprint density at radius 2 is 1.54 bits per heavy atom. The monoisotopic (exact) mass is 376 g/mol. The van der Waals surface area contributed by atoms with Gasteiger partial charge >= 0.3 is 0 Å². The van der Waals surface area contributed by atoms with Crippen LogP contribution in [-0.2, 0) is 9.59 Å². The lowest BCUT2D eigenvalue weighted by Crippen LogP contribution is -2.30. The SMILES string of the molecule is Cc1cccc(NC(=O)c2ccc(N3C(=O)[C@@H]4CCCC[C@H]4C3=O)cc2)c1C. The maximum Gasteiger partial charge on any atom is 0.255 e. The molecule has 1 saturated carbocycles. The summed E-state index contributed by atoms with van der Waals surface area (Å²) in [4.78, 5) is 39.3. The summed E-state index contributed by atoms with van der Waals surface area (Å²) in [7, 11) is 0. The zero-order valence-corrected chi connectivity index (χ0v) is 16.2. The maximum absolute atomic E-state index is 12.7. The first-order valence-electron chi connectivity index (χ1n) is 9.83. The number of amides is 3. The van der Waals surface area contributed by atoms with E-state index >= 15 is 0 Å². The van der Waals surface area contributed by atoms with Crippen LogP contribution in [0.15, 0.2) is 42.5 Å². The van der Waals surface area contributed by atoms with Gasteiger partial charge in [0.05, 0.1) is 17.5 Å². The molecule has 28 heavy (non-hydrogen) atoms. The normalized spacial score (nSPS) is 21.6. The van der Waals surface area contributed by atoms with Crippen LogP contribution >= 0.6 is 0 Å². The molecule has 0 spiro atoms. The fourth-order valence-electron chi connectivity index (χ4n) is 4.26.